The minimum Gasteiger partial charge on any atom is -0.207 e. The van der Waals surface area contributed by atoms with Gasteiger partial charge in [0.1, 0.15) is 11.6 Å². The molecular formula is C34H40F2. The summed E-state index contributed by atoms with van der Waals surface area (Å²) in [7, 11) is 0. The highest BCUT2D eigenvalue weighted by molar-refractivity contribution is 5.29. The summed E-state index contributed by atoms with van der Waals surface area (Å²) in [5.74, 6) is 1.02. The van der Waals surface area contributed by atoms with Crippen LogP contribution in [0.2, 0.25) is 0 Å². The van der Waals surface area contributed by atoms with Crippen molar-refractivity contribution in [2.75, 3.05) is 0 Å². The molecule has 0 heterocycles. The average molecular weight is 487 g/mol. The first-order valence-electron chi connectivity index (χ1n) is 13.7. The van der Waals surface area contributed by atoms with Crippen LogP contribution in [-0.2, 0) is 19.3 Å². The van der Waals surface area contributed by atoms with Crippen molar-refractivity contribution in [3.63, 3.8) is 0 Å². The van der Waals surface area contributed by atoms with E-state index in [1.54, 1.807) is 12.1 Å². The Bertz CT molecular complexity index is 1080. The zero-order valence-electron chi connectivity index (χ0n) is 21.9. The van der Waals surface area contributed by atoms with E-state index in [1.165, 1.54) is 42.4 Å². The van der Waals surface area contributed by atoms with Crippen LogP contribution < -0.4 is 0 Å². The standard InChI is InChI=1S/C34H40F2/c1-3-4-6-11-32-33(35)23-28(24-34(32)36)13-12-26-14-18-30(19-15-26)31-20-16-27(17-21-31)22-25(2)29-9-7-5-8-10-29/h3-5,7-10,16-17,20-21,23-26,30H,6,11-15,18-19,22H2,1-2H3/t25-,26?,30?/m1/s1. The molecule has 0 N–H and O–H groups in total. The molecule has 0 bridgehead atoms. The molecule has 1 fully saturated rings. The SMILES string of the molecule is CC=CCCc1c(F)cc(CCC2CCC(c3ccc(C[C@@H](C)c4ccccc4)cc3)CC2)cc1F. The fraction of sp³-hybridized carbons (Fsp3) is 0.412. The third-order valence-electron chi connectivity index (χ3n) is 8.05. The third kappa shape index (κ3) is 7.15. The summed E-state index contributed by atoms with van der Waals surface area (Å²) in [6.07, 6.45) is 12.6. The molecule has 0 radical (unpaired) electrons. The number of halogens is 2. The second kappa shape index (κ2) is 13.0. The lowest BCUT2D eigenvalue weighted by Crippen LogP contribution is -2.14. The average Bonchev–Trinajstić information content (AvgIpc) is 2.90. The summed E-state index contributed by atoms with van der Waals surface area (Å²) in [5, 5.41) is 0. The van der Waals surface area contributed by atoms with Gasteiger partial charge >= 0.3 is 0 Å². The molecule has 36 heavy (non-hydrogen) atoms. The lowest BCUT2D eigenvalue weighted by atomic mass is 9.76. The number of hydrogen-bond donors (Lipinski definition) is 0. The molecule has 4 rings (SSSR count). The van der Waals surface area contributed by atoms with Crippen LogP contribution in [0.3, 0.4) is 0 Å². The highest BCUT2D eigenvalue weighted by Crippen LogP contribution is 2.38. The predicted molar refractivity (Wildman–Crippen MR) is 148 cm³/mol. The largest absolute Gasteiger partial charge is 0.207 e. The number of rotatable bonds is 10. The molecule has 1 aliphatic rings. The summed E-state index contributed by atoms with van der Waals surface area (Å²) in [6.45, 7) is 4.22. The van der Waals surface area contributed by atoms with Crippen LogP contribution in [0.5, 0.6) is 0 Å². The second-order valence-electron chi connectivity index (χ2n) is 10.7. The van der Waals surface area contributed by atoms with E-state index in [1.807, 2.05) is 19.1 Å². The van der Waals surface area contributed by atoms with E-state index in [0.29, 0.717) is 30.6 Å². The lowest BCUT2D eigenvalue weighted by molar-refractivity contribution is 0.310. The van der Waals surface area contributed by atoms with Gasteiger partial charge in [0.15, 0.2) is 0 Å². The van der Waals surface area contributed by atoms with E-state index in [4.69, 9.17) is 0 Å². The molecule has 0 aliphatic heterocycles. The van der Waals surface area contributed by atoms with Gasteiger partial charge in [-0.3, -0.25) is 0 Å². The maximum absolute atomic E-state index is 14.5. The van der Waals surface area contributed by atoms with Crippen LogP contribution in [-0.4, -0.2) is 0 Å². The summed E-state index contributed by atoms with van der Waals surface area (Å²) in [6, 6.07) is 23.1. The van der Waals surface area contributed by atoms with Crippen molar-refractivity contribution in [3.8, 4) is 0 Å². The van der Waals surface area contributed by atoms with E-state index in [2.05, 4.69) is 61.5 Å². The van der Waals surface area contributed by atoms with E-state index in [0.717, 1.165) is 24.8 Å². The number of hydrogen-bond acceptors (Lipinski definition) is 0. The van der Waals surface area contributed by atoms with E-state index < -0.39 is 0 Å². The summed E-state index contributed by atoms with van der Waals surface area (Å²) in [5.41, 5.74) is 5.27. The Morgan fingerprint density at radius 3 is 2.14 bits per heavy atom. The third-order valence-corrected chi connectivity index (χ3v) is 8.05. The van der Waals surface area contributed by atoms with Crippen molar-refractivity contribution < 1.29 is 8.78 Å². The number of allylic oxidation sites excluding steroid dienone is 2. The first kappa shape index (κ1) is 26.3. The van der Waals surface area contributed by atoms with Crippen LogP contribution in [0.4, 0.5) is 8.78 Å². The predicted octanol–water partition coefficient (Wildman–Crippen LogP) is 9.73. The molecule has 2 heteroatoms. The highest BCUT2D eigenvalue weighted by Gasteiger charge is 2.22. The van der Waals surface area contributed by atoms with Crippen LogP contribution in [0.15, 0.2) is 78.9 Å². The molecule has 0 amide bonds. The molecule has 0 unspecified atom stereocenters. The number of aryl methyl sites for hydroxylation is 1. The quantitative estimate of drug-likeness (QED) is 0.250. The van der Waals surface area contributed by atoms with Gasteiger partial charge in [-0.15, -0.1) is 0 Å². The van der Waals surface area contributed by atoms with Crippen LogP contribution in [0.25, 0.3) is 0 Å². The summed E-state index contributed by atoms with van der Waals surface area (Å²) in [4.78, 5) is 0. The van der Waals surface area contributed by atoms with Crippen molar-refractivity contribution in [2.45, 2.75) is 83.5 Å². The van der Waals surface area contributed by atoms with Gasteiger partial charge in [-0.2, -0.15) is 0 Å². The maximum atomic E-state index is 14.5. The van der Waals surface area contributed by atoms with Gasteiger partial charge in [0.25, 0.3) is 0 Å². The van der Waals surface area contributed by atoms with E-state index in [9.17, 15) is 8.78 Å². The molecule has 1 atom stereocenters. The first-order chi connectivity index (χ1) is 17.5. The van der Waals surface area contributed by atoms with Gasteiger partial charge in [-0.05, 0) is 117 Å². The molecule has 3 aromatic carbocycles. The zero-order chi connectivity index (χ0) is 25.3. The van der Waals surface area contributed by atoms with Crippen molar-refractivity contribution in [3.05, 3.63) is 118 Å². The Labute approximate surface area is 216 Å². The van der Waals surface area contributed by atoms with Gasteiger partial charge in [0.2, 0.25) is 0 Å². The Balaban J connectivity index is 1.24. The first-order valence-corrected chi connectivity index (χ1v) is 13.7. The maximum Gasteiger partial charge on any atom is 0.129 e. The fourth-order valence-electron chi connectivity index (χ4n) is 5.77. The number of benzene rings is 3. The van der Waals surface area contributed by atoms with Gasteiger partial charge in [0, 0.05) is 5.56 Å². The van der Waals surface area contributed by atoms with Crippen molar-refractivity contribution in [1.82, 2.24) is 0 Å². The Morgan fingerprint density at radius 1 is 0.833 bits per heavy atom. The minimum absolute atomic E-state index is 0.220. The van der Waals surface area contributed by atoms with Gasteiger partial charge in [-0.1, -0.05) is 73.7 Å². The molecule has 0 nitrogen and oxygen atoms in total. The second-order valence-corrected chi connectivity index (χ2v) is 10.7. The van der Waals surface area contributed by atoms with Crippen LogP contribution in [0, 0.1) is 17.6 Å². The van der Waals surface area contributed by atoms with Gasteiger partial charge in [-0.25, -0.2) is 8.78 Å². The normalized spacial score (nSPS) is 19.0. The highest BCUT2D eigenvalue weighted by atomic mass is 19.1. The molecule has 3 aromatic rings. The molecular weight excluding hydrogens is 446 g/mol. The van der Waals surface area contributed by atoms with Gasteiger partial charge < -0.3 is 0 Å². The van der Waals surface area contributed by atoms with Gasteiger partial charge in [0.05, 0.1) is 0 Å². The Morgan fingerprint density at radius 2 is 1.50 bits per heavy atom. The van der Waals surface area contributed by atoms with Crippen LogP contribution >= 0.6 is 0 Å². The molecule has 0 aromatic heterocycles. The topological polar surface area (TPSA) is 0 Å². The van der Waals surface area contributed by atoms with E-state index >= 15 is 0 Å². The van der Waals surface area contributed by atoms with Crippen molar-refractivity contribution >= 4 is 0 Å². The molecule has 1 saturated carbocycles. The lowest BCUT2D eigenvalue weighted by Gasteiger charge is -2.29. The molecule has 1 aliphatic carbocycles. The summed E-state index contributed by atoms with van der Waals surface area (Å²) >= 11 is 0. The van der Waals surface area contributed by atoms with Crippen molar-refractivity contribution in [1.29, 1.82) is 0 Å². The Hall–Kier alpha value is -2.74. The van der Waals surface area contributed by atoms with Crippen LogP contribution in [0.1, 0.15) is 92.0 Å². The fourth-order valence-corrected chi connectivity index (χ4v) is 5.77. The zero-order valence-corrected chi connectivity index (χ0v) is 21.9. The Kier molecular flexibility index (Phi) is 9.50. The summed E-state index contributed by atoms with van der Waals surface area (Å²) < 4.78 is 28.9. The smallest absolute Gasteiger partial charge is 0.129 e. The van der Waals surface area contributed by atoms with E-state index in [-0.39, 0.29) is 17.2 Å². The monoisotopic (exact) mass is 486 g/mol. The molecule has 190 valence electrons. The van der Waals surface area contributed by atoms with Crippen molar-refractivity contribution in [2.24, 2.45) is 5.92 Å². The molecule has 0 saturated heterocycles. The molecule has 0 spiro atoms. The minimum atomic E-state index is -0.389.